The third kappa shape index (κ3) is 4.95. The zero-order valence-electron chi connectivity index (χ0n) is 9.71. The van der Waals surface area contributed by atoms with Crippen molar-refractivity contribution in [2.75, 3.05) is 26.2 Å². The second-order valence-corrected chi connectivity index (χ2v) is 13.1. The van der Waals surface area contributed by atoms with Crippen molar-refractivity contribution in [2.45, 2.75) is 38.5 Å². The monoisotopic (exact) mass is 206 g/mol. The number of hydrogen-bond donors (Lipinski definition) is 2. The summed E-state index contributed by atoms with van der Waals surface area (Å²) in [4.78, 5) is 0. The van der Waals surface area contributed by atoms with Gasteiger partial charge in [0.25, 0.3) is 0 Å². The summed E-state index contributed by atoms with van der Waals surface area (Å²) in [6.45, 7) is 7.38. The van der Waals surface area contributed by atoms with E-state index in [9.17, 15) is 0 Å². The molecule has 0 radical (unpaired) electrons. The van der Waals surface area contributed by atoms with E-state index in [1.807, 2.05) is 0 Å². The Kier molecular flexibility index (Phi) is 4.85. The Bertz CT molecular complexity index is 147. The number of rotatable bonds is 6. The van der Waals surface area contributed by atoms with Crippen LogP contribution in [0.2, 0.25) is 0 Å². The summed E-state index contributed by atoms with van der Waals surface area (Å²) in [6.07, 6.45) is 6.49. The van der Waals surface area contributed by atoms with Crippen molar-refractivity contribution in [3.8, 4) is 0 Å². The summed E-state index contributed by atoms with van der Waals surface area (Å²) >= 11 is 0. The summed E-state index contributed by atoms with van der Waals surface area (Å²) in [5, 5.41) is 0. The summed E-state index contributed by atoms with van der Waals surface area (Å²) in [5.74, 6) is -0.104. The zero-order valence-corrected chi connectivity index (χ0v) is 10.6. The van der Waals surface area contributed by atoms with Gasteiger partial charge in [0.05, 0.1) is 0 Å². The molecular weight excluding hydrogens is 179 g/mol. The fraction of sp³-hybridized carbons (Fsp3) is 1.00. The molecule has 0 spiro atoms. The molecule has 0 atom stereocenters. The van der Waals surface area contributed by atoms with Crippen molar-refractivity contribution in [3.05, 3.63) is 0 Å². The van der Waals surface area contributed by atoms with E-state index < -0.39 is 6.60 Å². The average molecular weight is 206 g/mol. The van der Waals surface area contributed by atoms with Gasteiger partial charge in [0.1, 0.15) is 0 Å². The van der Waals surface area contributed by atoms with E-state index in [0.29, 0.717) is 0 Å². The summed E-state index contributed by atoms with van der Waals surface area (Å²) in [5.41, 5.74) is 11.7. The molecule has 4 N–H and O–H groups in total. The van der Waals surface area contributed by atoms with Crippen molar-refractivity contribution in [1.82, 2.24) is 0 Å². The maximum absolute atomic E-state index is 5.85. The van der Waals surface area contributed by atoms with Gasteiger partial charge < -0.3 is 0 Å². The van der Waals surface area contributed by atoms with Gasteiger partial charge in [-0.1, -0.05) is 0 Å². The van der Waals surface area contributed by atoms with Crippen molar-refractivity contribution in [1.29, 1.82) is 0 Å². The molecule has 0 aromatic rings. The molecular formula is C10H27N2P. The fourth-order valence-electron chi connectivity index (χ4n) is 1.25. The minimum atomic E-state index is -1.74. The van der Waals surface area contributed by atoms with Gasteiger partial charge in [0, 0.05) is 0 Å². The topological polar surface area (TPSA) is 52.0 Å². The van der Waals surface area contributed by atoms with Crippen LogP contribution in [0.15, 0.2) is 0 Å². The molecule has 0 amide bonds. The Morgan fingerprint density at radius 1 is 1.00 bits per heavy atom. The van der Waals surface area contributed by atoms with Crippen LogP contribution in [0.25, 0.3) is 0 Å². The van der Waals surface area contributed by atoms with Crippen LogP contribution in [-0.2, 0) is 0 Å². The third-order valence-corrected chi connectivity index (χ3v) is 7.04. The van der Waals surface area contributed by atoms with E-state index in [1.165, 1.54) is 31.8 Å². The molecule has 0 aromatic carbocycles. The van der Waals surface area contributed by atoms with Crippen molar-refractivity contribution >= 4 is 6.60 Å². The molecule has 82 valence electrons. The SMILES string of the molecule is CCCCCCP(C)(C)(C)C(N)N. The van der Waals surface area contributed by atoms with Gasteiger partial charge in [-0.3, -0.25) is 0 Å². The molecule has 3 heteroatoms. The molecule has 0 unspecified atom stereocenters. The number of nitrogens with two attached hydrogens (primary N) is 2. The molecule has 0 saturated carbocycles. The van der Waals surface area contributed by atoms with E-state index in [-0.39, 0.29) is 5.91 Å². The second-order valence-electron chi connectivity index (χ2n) is 5.52. The fourth-order valence-corrected chi connectivity index (χ4v) is 2.91. The summed E-state index contributed by atoms with van der Waals surface area (Å²) < 4.78 is 0. The van der Waals surface area contributed by atoms with E-state index in [0.717, 1.165) is 0 Å². The van der Waals surface area contributed by atoms with E-state index in [4.69, 9.17) is 11.5 Å². The van der Waals surface area contributed by atoms with E-state index in [2.05, 4.69) is 26.9 Å². The Balaban J connectivity index is 3.88. The Labute approximate surface area is 83.4 Å². The first-order valence-corrected chi connectivity index (χ1v) is 9.12. The molecule has 0 aliphatic carbocycles. The minimum absolute atomic E-state index is 0.104. The predicted octanol–water partition coefficient (Wildman–Crippen LogP) is 2.21. The van der Waals surface area contributed by atoms with Crippen LogP contribution < -0.4 is 11.5 Å². The van der Waals surface area contributed by atoms with Crippen molar-refractivity contribution in [3.63, 3.8) is 0 Å². The van der Waals surface area contributed by atoms with Crippen LogP contribution >= 0.6 is 6.60 Å². The first-order valence-electron chi connectivity index (χ1n) is 5.29. The van der Waals surface area contributed by atoms with Gasteiger partial charge in [-0.2, -0.15) is 0 Å². The average Bonchev–Trinajstić information content (AvgIpc) is 1.97. The number of hydrogen-bond acceptors (Lipinski definition) is 2. The van der Waals surface area contributed by atoms with Crippen LogP contribution in [0.5, 0.6) is 0 Å². The predicted molar refractivity (Wildman–Crippen MR) is 65.9 cm³/mol. The number of unbranched alkanes of at least 4 members (excludes halogenated alkanes) is 3. The Hall–Kier alpha value is 0.350. The molecule has 0 aromatic heterocycles. The third-order valence-electron chi connectivity index (χ3n) is 2.92. The van der Waals surface area contributed by atoms with Crippen LogP contribution in [-0.4, -0.2) is 32.1 Å². The molecule has 0 rings (SSSR count). The van der Waals surface area contributed by atoms with Gasteiger partial charge in [0.2, 0.25) is 0 Å². The molecule has 0 bridgehead atoms. The van der Waals surface area contributed by atoms with Crippen LogP contribution in [0, 0.1) is 0 Å². The van der Waals surface area contributed by atoms with Gasteiger partial charge in [-0.15, -0.1) is 0 Å². The Morgan fingerprint density at radius 3 is 1.92 bits per heavy atom. The van der Waals surface area contributed by atoms with Crippen LogP contribution in [0.4, 0.5) is 0 Å². The van der Waals surface area contributed by atoms with Crippen LogP contribution in [0.3, 0.4) is 0 Å². The molecule has 0 aliphatic rings. The first kappa shape index (κ1) is 13.4. The summed E-state index contributed by atoms with van der Waals surface area (Å²) in [7, 11) is 0. The van der Waals surface area contributed by atoms with Crippen molar-refractivity contribution < 1.29 is 0 Å². The molecule has 13 heavy (non-hydrogen) atoms. The van der Waals surface area contributed by atoms with Gasteiger partial charge in [-0.05, 0) is 0 Å². The normalized spacial score (nSPS) is 15.8. The van der Waals surface area contributed by atoms with Gasteiger partial charge >= 0.3 is 82.7 Å². The molecule has 0 heterocycles. The molecule has 2 nitrogen and oxygen atoms in total. The van der Waals surface area contributed by atoms with E-state index >= 15 is 0 Å². The molecule has 0 saturated heterocycles. The molecule has 0 fully saturated rings. The zero-order chi connectivity index (χ0) is 10.6. The van der Waals surface area contributed by atoms with E-state index in [1.54, 1.807) is 0 Å². The standard InChI is InChI=1S/C10H27N2P/c1-5-6-7-8-9-13(2,3,4)10(11)12/h10H,5-9,11-12H2,1-4H3. The quantitative estimate of drug-likeness (QED) is 0.398. The van der Waals surface area contributed by atoms with Crippen molar-refractivity contribution in [2.24, 2.45) is 11.5 Å². The van der Waals surface area contributed by atoms with Gasteiger partial charge in [0.15, 0.2) is 0 Å². The van der Waals surface area contributed by atoms with Gasteiger partial charge in [-0.25, -0.2) is 0 Å². The molecule has 0 aliphatic heterocycles. The van der Waals surface area contributed by atoms with Crippen LogP contribution in [0.1, 0.15) is 32.6 Å². The second kappa shape index (κ2) is 4.72. The maximum atomic E-state index is 5.85. The summed E-state index contributed by atoms with van der Waals surface area (Å²) in [6, 6.07) is 0. The Morgan fingerprint density at radius 2 is 1.54 bits per heavy atom. The first-order chi connectivity index (χ1) is 5.78.